The van der Waals surface area contributed by atoms with Crippen molar-refractivity contribution in [2.24, 2.45) is 11.7 Å². The van der Waals surface area contributed by atoms with Gasteiger partial charge in [0.25, 0.3) is 0 Å². The molecule has 41 heavy (non-hydrogen) atoms. The minimum absolute atomic E-state index is 0.137. The maximum absolute atomic E-state index is 13.3. The smallest absolute Gasteiger partial charge is 0.311 e. The largest absolute Gasteiger partial charge is 0.469 e. The maximum Gasteiger partial charge on any atom is 0.311 e. The third-order valence-corrected chi connectivity index (χ3v) is 6.58. The molecule has 4 aromatic rings. The summed E-state index contributed by atoms with van der Waals surface area (Å²) in [6.07, 6.45) is 4.22. The Morgan fingerprint density at radius 2 is 1.51 bits per heavy atom. The molecule has 6 heteroatoms. The highest BCUT2D eigenvalue weighted by Crippen LogP contribution is 2.22. The molecule has 0 heterocycles. The van der Waals surface area contributed by atoms with Crippen LogP contribution in [0.3, 0.4) is 0 Å². The highest BCUT2D eigenvalue weighted by atomic mass is 16.5. The van der Waals surface area contributed by atoms with Crippen LogP contribution >= 0.6 is 0 Å². The maximum atomic E-state index is 13.3. The second-order valence-corrected chi connectivity index (χ2v) is 9.66. The summed E-state index contributed by atoms with van der Waals surface area (Å²) >= 11 is 0. The SMILES string of the molecule is C=C(N)c1cccc(CC(C(=O)OC)C(/C=C/c2ccccc2)NC(=O)Cc2ccc(Oc3ccccc3)cc2)c1. The molecule has 1 amide bonds. The number of nitrogens with two attached hydrogens (primary N) is 1. The molecule has 2 unspecified atom stereocenters. The zero-order valence-electron chi connectivity index (χ0n) is 23.0. The van der Waals surface area contributed by atoms with Gasteiger partial charge < -0.3 is 20.5 Å². The van der Waals surface area contributed by atoms with Gasteiger partial charge in [0.05, 0.1) is 25.5 Å². The van der Waals surface area contributed by atoms with E-state index in [1.54, 1.807) is 0 Å². The molecule has 3 N–H and O–H groups in total. The van der Waals surface area contributed by atoms with Crippen molar-refractivity contribution >= 4 is 23.6 Å². The zero-order chi connectivity index (χ0) is 29.0. The molecule has 0 spiro atoms. The van der Waals surface area contributed by atoms with Crippen LogP contribution in [0.2, 0.25) is 0 Å². The predicted molar refractivity (Wildman–Crippen MR) is 163 cm³/mol. The first-order chi connectivity index (χ1) is 19.9. The number of ether oxygens (including phenoxy) is 2. The van der Waals surface area contributed by atoms with E-state index in [9.17, 15) is 9.59 Å². The van der Waals surface area contributed by atoms with Crippen molar-refractivity contribution in [1.82, 2.24) is 5.32 Å². The Kier molecular flexibility index (Phi) is 10.1. The van der Waals surface area contributed by atoms with Crippen LogP contribution in [0.4, 0.5) is 0 Å². The molecule has 0 saturated heterocycles. The van der Waals surface area contributed by atoms with Gasteiger partial charge in [0.1, 0.15) is 11.5 Å². The number of para-hydroxylation sites is 1. The lowest BCUT2D eigenvalue weighted by Gasteiger charge is -2.24. The quantitative estimate of drug-likeness (QED) is 0.207. The second kappa shape index (κ2) is 14.3. The molecule has 6 nitrogen and oxygen atoms in total. The number of carbonyl (C=O) groups is 2. The van der Waals surface area contributed by atoms with Crippen molar-refractivity contribution in [2.45, 2.75) is 18.9 Å². The molecular formula is C35H34N2O4. The van der Waals surface area contributed by atoms with Crippen LogP contribution in [0.25, 0.3) is 11.8 Å². The number of nitrogens with one attached hydrogen (secondary N) is 1. The molecule has 0 aliphatic heterocycles. The van der Waals surface area contributed by atoms with E-state index >= 15 is 0 Å². The van der Waals surface area contributed by atoms with Crippen LogP contribution < -0.4 is 15.8 Å². The molecule has 4 aromatic carbocycles. The number of methoxy groups -OCH3 is 1. The van der Waals surface area contributed by atoms with E-state index in [1.165, 1.54) is 7.11 Å². The number of rotatable bonds is 12. The number of hydrogen-bond donors (Lipinski definition) is 2. The van der Waals surface area contributed by atoms with Crippen molar-refractivity contribution in [3.8, 4) is 11.5 Å². The normalized spacial score (nSPS) is 12.3. The van der Waals surface area contributed by atoms with E-state index in [1.807, 2.05) is 121 Å². The molecule has 4 rings (SSSR count). The summed E-state index contributed by atoms with van der Waals surface area (Å²) in [4.78, 5) is 26.3. The number of amides is 1. The molecule has 0 radical (unpaired) electrons. The summed E-state index contributed by atoms with van der Waals surface area (Å²) in [6, 6.07) is 33.5. The van der Waals surface area contributed by atoms with Gasteiger partial charge in [0, 0.05) is 5.70 Å². The summed E-state index contributed by atoms with van der Waals surface area (Å²) < 4.78 is 11.0. The zero-order valence-corrected chi connectivity index (χ0v) is 23.0. The Labute approximate surface area is 241 Å². The number of benzene rings is 4. The van der Waals surface area contributed by atoms with Crippen LogP contribution in [0.5, 0.6) is 11.5 Å². The number of hydrogen-bond acceptors (Lipinski definition) is 5. The van der Waals surface area contributed by atoms with Gasteiger partial charge in [0.15, 0.2) is 0 Å². The lowest BCUT2D eigenvalue weighted by Crippen LogP contribution is -2.44. The van der Waals surface area contributed by atoms with E-state index in [0.29, 0.717) is 17.9 Å². The first kappa shape index (κ1) is 28.9. The van der Waals surface area contributed by atoms with Crippen molar-refractivity contribution < 1.29 is 19.1 Å². The first-order valence-electron chi connectivity index (χ1n) is 13.4. The summed E-state index contributed by atoms with van der Waals surface area (Å²) in [5.74, 6) is 0.0973. The lowest BCUT2D eigenvalue weighted by atomic mass is 9.90. The van der Waals surface area contributed by atoms with Crippen molar-refractivity contribution in [3.05, 3.63) is 144 Å². The third kappa shape index (κ3) is 8.70. The fraction of sp³-hybridized carbons (Fsp3) is 0.143. The monoisotopic (exact) mass is 546 g/mol. The highest BCUT2D eigenvalue weighted by Gasteiger charge is 2.29. The van der Waals surface area contributed by atoms with Crippen LogP contribution in [0.15, 0.2) is 122 Å². The van der Waals surface area contributed by atoms with Gasteiger partial charge in [0.2, 0.25) is 5.91 Å². The van der Waals surface area contributed by atoms with Crippen LogP contribution in [0.1, 0.15) is 22.3 Å². The van der Waals surface area contributed by atoms with E-state index < -0.39 is 17.9 Å². The predicted octanol–water partition coefficient (Wildman–Crippen LogP) is 6.18. The van der Waals surface area contributed by atoms with E-state index in [2.05, 4.69) is 11.9 Å². The lowest BCUT2D eigenvalue weighted by molar-refractivity contribution is -0.146. The Morgan fingerprint density at radius 1 is 0.854 bits per heavy atom. The standard InChI is InChI=1S/C35H34N2O4/c1-25(36)29-13-9-12-28(22-29)23-32(35(39)40-2)33(21-18-26-10-5-3-6-11-26)37-34(38)24-27-16-19-31(20-17-27)41-30-14-7-4-8-15-30/h3-22,32-33H,1,23-24,36H2,2H3,(H,37,38)/b21-18+. The summed E-state index contributed by atoms with van der Waals surface area (Å²) in [5.41, 5.74) is 9.77. The summed E-state index contributed by atoms with van der Waals surface area (Å²) in [6.45, 7) is 3.81. The molecule has 2 atom stereocenters. The van der Waals surface area contributed by atoms with Crippen LogP contribution in [-0.4, -0.2) is 25.0 Å². The van der Waals surface area contributed by atoms with Crippen LogP contribution in [-0.2, 0) is 27.2 Å². The molecule has 0 saturated carbocycles. The van der Waals surface area contributed by atoms with Crippen molar-refractivity contribution in [2.75, 3.05) is 7.11 Å². The van der Waals surface area contributed by atoms with Gasteiger partial charge in [-0.3, -0.25) is 9.59 Å². The minimum Gasteiger partial charge on any atom is -0.469 e. The molecule has 0 fully saturated rings. The topological polar surface area (TPSA) is 90.7 Å². The second-order valence-electron chi connectivity index (χ2n) is 9.66. The van der Waals surface area contributed by atoms with Gasteiger partial charge in [-0.15, -0.1) is 0 Å². The molecule has 0 aliphatic carbocycles. The Hall–Kier alpha value is -5.10. The van der Waals surface area contributed by atoms with Gasteiger partial charge in [-0.25, -0.2) is 0 Å². The molecule has 0 aliphatic rings. The summed E-state index contributed by atoms with van der Waals surface area (Å²) in [5, 5.41) is 3.06. The van der Waals surface area contributed by atoms with Gasteiger partial charge in [-0.2, -0.15) is 0 Å². The molecule has 0 aromatic heterocycles. The van der Waals surface area contributed by atoms with E-state index in [0.717, 1.165) is 28.0 Å². The third-order valence-electron chi connectivity index (χ3n) is 6.58. The Balaban J connectivity index is 1.53. The van der Waals surface area contributed by atoms with Crippen molar-refractivity contribution in [3.63, 3.8) is 0 Å². The molecular weight excluding hydrogens is 512 g/mol. The number of carbonyl (C=O) groups excluding carboxylic acids is 2. The summed E-state index contributed by atoms with van der Waals surface area (Å²) in [7, 11) is 1.35. The minimum atomic E-state index is -0.674. The van der Waals surface area contributed by atoms with E-state index in [4.69, 9.17) is 15.2 Å². The average Bonchev–Trinajstić information content (AvgIpc) is 3.00. The highest BCUT2D eigenvalue weighted by molar-refractivity contribution is 5.81. The molecule has 208 valence electrons. The van der Waals surface area contributed by atoms with Gasteiger partial charge >= 0.3 is 5.97 Å². The Bertz CT molecular complexity index is 1480. The molecule has 0 bridgehead atoms. The fourth-order valence-corrected chi connectivity index (χ4v) is 4.44. The Morgan fingerprint density at radius 3 is 2.17 bits per heavy atom. The fourth-order valence-electron chi connectivity index (χ4n) is 4.44. The van der Waals surface area contributed by atoms with E-state index in [-0.39, 0.29) is 12.3 Å². The average molecular weight is 547 g/mol. The van der Waals surface area contributed by atoms with Crippen LogP contribution in [0, 0.1) is 5.92 Å². The van der Waals surface area contributed by atoms with Crippen molar-refractivity contribution in [1.29, 1.82) is 0 Å². The number of esters is 1. The van der Waals surface area contributed by atoms with Gasteiger partial charge in [-0.05, 0) is 59.0 Å². The first-order valence-corrected chi connectivity index (χ1v) is 13.4. The van der Waals surface area contributed by atoms with Gasteiger partial charge in [-0.1, -0.05) is 97.6 Å².